The Morgan fingerprint density at radius 3 is 2.52 bits per heavy atom. The molecule has 0 aromatic heterocycles. The van der Waals surface area contributed by atoms with Crippen molar-refractivity contribution in [1.29, 1.82) is 0 Å². The Kier molecular flexibility index (Phi) is 3.91. The van der Waals surface area contributed by atoms with Crippen LogP contribution in [0.4, 0.5) is 5.69 Å². The van der Waals surface area contributed by atoms with Gasteiger partial charge >= 0.3 is 0 Å². The summed E-state index contributed by atoms with van der Waals surface area (Å²) in [4.78, 5) is 26.5. The molecular weight excluding hydrogens is 262 g/mol. The molecular formula is C18H21NO2. The maximum Gasteiger partial charge on any atom is 0.234 e. The summed E-state index contributed by atoms with van der Waals surface area (Å²) in [5.41, 5.74) is 1.96. The number of allylic oxidation sites excluding steroid dienone is 2. The quantitative estimate of drug-likeness (QED) is 0.582. The standard InChI is InChI=1S/C18H21NO2/c1-13-7-9-14-11-15(14)12-18(21)19(17(20)10-8-13)16-5-3-2-4-6-16/h2-7,14-15H,8-12H2,1H3/b13-7-/t14?,15-/m1/s1. The summed E-state index contributed by atoms with van der Waals surface area (Å²) >= 11 is 0. The summed E-state index contributed by atoms with van der Waals surface area (Å²) < 4.78 is 0. The highest BCUT2D eigenvalue weighted by molar-refractivity contribution is 6.14. The molecule has 0 bridgehead atoms. The van der Waals surface area contributed by atoms with Gasteiger partial charge in [0.05, 0.1) is 5.69 Å². The van der Waals surface area contributed by atoms with Gasteiger partial charge in [-0.15, -0.1) is 0 Å². The fraction of sp³-hybridized carbons (Fsp3) is 0.444. The van der Waals surface area contributed by atoms with E-state index in [2.05, 4.69) is 13.0 Å². The van der Waals surface area contributed by atoms with E-state index in [-0.39, 0.29) is 11.8 Å². The van der Waals surface area contributed by atoms with Gasteiger partial charge in [-0.3, -0.25) is 14.5 Å². The molecule has 1 unspecified atom stereocenters. The lowest BCUT2D eigenvalue weighted by atomic mass is 10.1. The number of hydrogen-bond donors (Lipinski definition) is 0. The predicted molar refractivity (Wildman–Crippen MR) is 82.8 cm³/mol. The van der Waals surface area contributed by atoms with Crippen molar-refractivity contribution >= 4 is 17.5 Å². The molecule has 110 valence electrons. The molecule has 0 N–H and O–H groups in total. The van der Waals surface area contributed by atoms with Gasteiger partial charge in [-0.25, -0.2) is 0 Å². The number of anilines is 1. The summed E-state index contributed by atoms with van der Waals surface area (Å²) in [5, 5.41) is 0. The van der Waals surface area contributed by atoms with Crippen LogP contribution in [-0.2, 0) is 9.59 Å². The highest BCUT2D eigenvalue weighted by Crippen LogP contribution is 2.45. The van der Waals surface area contributed by atoms with E-state index in [1.165, 1.54) is 10.5 Å². The Morgan fingerprint density at radius 2 is 1.76 bits per heavy atom. The van der Waals surface area contributed by atoms with Crippen LogP contribution in [0.15, 0.2) is 42.0 Å². The molecule has 1 aliphatic heterocycles. The van der Waals surface area contributed by atoms with E-state index < -0.39 is 0 Å². The molecule has 1 aliphatic carbocycles. The molecule has 1 aromatic rings. The van der Waals surface area contributed by atoms with Crippen LogP contribution in [0.3, 0.4) is 0 Å². The molecule has 1 heterocycles. The van der Waals surface area contributed by atoms with Crippen LogP contribution in [0, 0.1) is 11.8 Å². The Hall–Kier alpha value is -1.90. The van der Waals surface area contributed by atoms with Crippen LogP contribution < -0.4 is 4.90 Å². The van der Waals surface area contributed by atoms with E-state index in [0.29, 0.717) is 30.4 Å². The number of para-hydroxylation sites is 1. The number of nitrogens with zero attached hydrogens (tertiary/aromatic N) is 1. The first-order valence-corrected chi connectivity index (χ1v) is 7.71. The molecule has 1 fully saturated rings. The Morgan fingerprint density at radius 1 is 1.00 bits per heavy atom. The second-order valence-corrected chi connectivity index (χ2v) is 6.20. The first kappa shape index (κ1) is 14.1. The summed E-state index contributed by atoms with van der Waals surface area (Å²) in [6.07, 6.45) is 6.07. The van der Waals surface area contributed by atoms with Crippen molar-refractivity contribution in [2.24, 2.45) is 11.8 Å². The Bertz CT molecular complexity index is 576. The molecule has 1 saturated carbocycles. The van der Waals surface area contributed by atoms with Crippen molar-refractivity contribution < 1.29 is 9.59 Å². The molecule has 2 aliphatic rings. The summed E-state index contributed by atoms with van der Waals surface area (Å²) in [6.45, 7) is 2.08. The first-order valence-electron chi connectivity index (χ1n) is 7.71. The molecule has 0 radical (unpaired) electrons. The Balaban J connectivity index is 1.87. The highest BCUT2D eigenvalue weighted by atomic mass is 16.2. The minimum Gasteiger partial charge on any atom is -0.274 e. The van der Waals surface area contributed by atoms with Gasteiger partial charge < -0.3 is 0 Å². The second-order valence-electron chi connectivity index (χ2n) is 6.20. The third-order valence-corrected chi connectivity index (χ3v) is 4.52. The lowest BCUT2D eigenvalue weighted by Gasteiger charge is -2.21. The monoisotopic (exact) mass is 283 g/mol. The van der Waals surface area contributed by atoms with Gasteiger partial charge in [0.2, 0.25) is 11.8 Å². The summed E-state index contributed by atoms with van der Waals surface area (Å²) in [6, 6.07) is 9.30. The highest BCUT2D eigenvalue weighted by Gasteiger charge is 2.39. The van der Waals surface area contributed by atoms with E-state index in [9.17, 15) is 9.59 Å². The van der Waals surface area contributed by atoms with Crippen LogP contribution >= 0.6 is 0 Å². The minimum absolute atomic E-state index is 0.0433. The van der Waals surface area contributed by atoms with E-state index >= 15 is 0 Å². The summed E-state index contributed by atoms with van der Waals surface area (Å²) in [5.74, 6) is 0.963. The number of imide groups is 1. The van der Waals surface area contributed by atoms with Crippen molar-refractivity contribution in [3.05, 3.63) is 42.0 Å². The average Bonchev–Trinajstić information content (AvgIpc) is 3.21. The van der Waals surface area contributed by atoms with Gasteiger partial charge in [0.15, 0.2) is 0 Å². The lowest BCUT2D eigenvalue weighted by Crippen LogP contribution is -2.37. The van der Waals surface area contributed by atoms with Gasteiger partial charge in [0.25, 0.3) is 0 Å². The molecule has 3 nitrogen and oxygen atoms in total. The van der Waals surface area contributed by atoms with E-state index in [4.69, 9.17) is 0 Å². The normalized spacial score (nSPS) is 29.2. The minimum atomic E-state index is -0.0851. The number of carbonyl (C=O) groups excluding carboxylic acids is 2. The van der Waals surface area contributed by atoms with E-state index in [1.54, 1.807) is 0 Å². The van der Waals surface area contributed by atoms with Crippen LogP contribution in [0.2, 0.25) is 0 Å². The van der Waals surface area contributed by atoms with Crippen molar-refractivity contribution in [3.8, 4) is 0 Å². The van der Waals surface area contributed by atoms with Crippen molar-refractivity contribution in [2.75, 3.05) is 4.90 Å². The third kappa shape index (κ3) is 3.23. The molecule has 0 saturated heterocycles. The number of amides is 2. The van der Waals surface area contributed by atoms with Crippen LogP contribution in [0.25, 0.3) is 0 Å². The fourth-order valence-electron chi connectivity index (χ4n) is 3.04. The number of carbonyl (C=O) groups is 2. The molecule has 3 heteroatoms. The topological polar surface area (TPSA) is 37.4 Å². The smallest absolute Gasteiger partial charge is 0.234 e. The zero-order valence-corrected chi connectivity index (χ0v) is 12.4. The number of fused-ring (bicyclic) bond motifs is 1. The average molecular weight is 283 g/mol. The van der Waals surface area contributed by atoms with Gasteiger partial charge in [-0.2, -0.15) is 0 Å². The van der Waals surface area contributed by atoms with Gasteiger partial charge in [-0.05, 0) is 50.2 Å². The van der Waals surface area contributed by atoms with Crippen LogP contribution in [0.1, 0.15) is 39.0 Å². The van der Waals surface area contributed by atoms with E-state index in [0.717, 1.165) is 19.3 Å². The number of rotatable bonds is 1. The van der Waals surface area contributed by atoms with Gasteiger partial charge in [-0.1, -0.05) is 29.8 Å². The maximum atomic E-state index is 12.6. The van der Waals surface area contributed by atoms with E-state index in [1.807, 2.05) is 30.3 Å². The third-order valence-electron chi connectivity index (χ3n) is 4.52. The van der Waals surface area contributed by atoms with Crippen LogP contribution in [-0.4, -0.2) is 11.8 Å². The van der Waals surface area contributed by atoms with Crippen LogP contribution in [0.5, 0.6) is 0 Å². The number of hydrogen-bond acceptors (Lipinski definition) is 2. The maximum absolute atomic E-state index is 12.6. The molecule has 2 amide bonds. The molecule has 2 atom stereocenters. The zero-order valence-electron chi connectivity index (χ0n) is 12.4. The first-order chi connectivity index (χ1) is 10.1. The molecule has 0 spiro atoms. The Labute approximate surface area is 125 Å². The molecule has 21 heavy (non-hydrogen) atoms. The SMILES string of the molecule is C/C1=C/CC2C[C@@H]2CC(=O)N(c2ccccc2)C(=O)CC1. The van der Waals surface area contributed by atoms with Gasteiger partial charge in [0.1, 0.15) is 0 Å². The second kappa shape index (κ2) is 5.84. The van der Waals surface area contributed by atoms with Gasteiger partial charge in [0, 0.05) is 12.8 Å². The number of benzene rings is 1. The molecule has 1 aromatic carbocycles. The fourth-order valence-corrected chi connectivity index (χ4v) is 3.04. The largest absolute Gasteiger partial charge is 0.274 e. The van der Waals surface area contributed by atoms with Crippen molar-refractivity contribution in [3.63, 3.8) is 0 Å². The van der Waals surface area contributed by atoms with Crippen molar-refractivity contribution in [2.45, 2.75) is 39.0 Å². The molecule has 3 rings (SSSR count). The lowest BCUT2D eigenvalue weighted by molar-refractivity contribution is -0.126. The zero-order chi connectivity index (χ0) is 14.8. The summed E-state index contributed by atoms with van der Waals surface area (Å²) in [7, 11) is 0. The predicted octanol–water partition coefficient (Wildman–Crippen LogP) is 3.70. The van der Waals surface area contributed by atoms with Crippen molar-refractivity contribution in [1.82, 2.24) is 0 Å².